The summed E-state index contributed by atoms with van der Waals surface area (Å²) in [5.41, 5.74) is 1.88. The number of aliphatic hydroxyl groups excluding tert-OH is 1. The Morgan fingerprint density at radius 2 is 2.20 bits per heavy atom. The Labute approximate surface area is 123 Å². The number of thioether (sulfide) groups is 1. The van der Waals surface area contributed by atoms with Crippen LogP contribution in [0.3, 0.4) is 0 Å². The van der Waals surface area contributed by atoms with E-state index in [0.717, 1.165) is 11.3 Å². The van der Waals surface area contributed by atoms with E-state index >= 15 is 0 Å². The van der Waals surface area contributed by atoms with Crippen LogP contribution < -0.4 is 4.90 Å². The third kappa shape index (κ3) is 3.61. The van der Waals surface area contributed by atoms with E-state index in [0.29, 0.717) is 25.1 Å². The summed E-state index contributed by atoms with van der Waals surface area (Å²) in [7, 11) is 0. The maximum absolute atomic E-state index is 12.2. The summed E-state index contributed by atoms with van der Waals surface area (Å²) < 4.78 is 0. The van der Waals surface area contributed by atoms with E-state index in [4.69, 9.17) is 5.11 Å². The molecule has 0 radical (unpaired) electrons. The van der Waals surface area contributed by atoms with Crippen LogP contribution in [0.25, 0.3) is 0 Å². The molecule has 4 nitrogen and oxygen atoms in total. The average Bonchev–Trinajstić information content (AvgIpc) is 2.79. The molecule has 0 aliphatic carbocycles. The highest BCUT2D eigenvalue weighted by Gasteiger charge is 2.31. The van der Waals surface area contributed by atoms with E-state index in [1.165, 1.54) is 11.8 Å². The van der Waals surface area contributed by atoms with Crippen LogP contribution in [0.15, 0.2) is 24.3 Å². The van der Waals surface area contributed by atoms with Crippen molar-refractivity contribution in [2.45, 2.75) is 19.8 Å². The van der Waals surface area contributed by atoms with Crippen LogP contribution in [0.5, 0.6) is 0 Å². The number of carbonyl (C=O) groups excluding carboxylic acids is 2. The van der Waals surface area contributed by atoms with Crippen molar-refractivity contribution in [2.24, 2.45) is 5.92 Å². The van der Waals surface area contributed by atoms with Crippen LogP contribution >= 0.6 is 11.8 Å². The molecule has 1 amide bonds. The maximum Gasteiger partial charge on any atom is 0.227 e. The molecule has 0 saturated carbocycles. The first-order valence-corrected chi connectivity index (χ1v) is 7.73. The molecule has 1 aliphatic heterocycles. The molecule has 5 heteroatoms. The molecule has 1 heterocycles. The monoisotopic (exact) mass is 293 g/mol. The first-order chi connectivity index (χ1) is 9.61. The molecule has 0 spiro atoms. The molecule has 1 atom stereocenters. The van der Waals surface area contributed by atoms with Crippen molar-refractivity contribution in [2.75, 3.05) is 23.8 Å². The topological polar surface area (TPSA) is 57.6 Å². The van der Waals surface area contributed by atoms with Crippen molar-refractivity contribution < 1.29 is 14.7 Å². The molecule has 20 heavy (non-hydrogen) atoms. The van der Waals surface area contributed by atoms with Gasteiger partial charge in [-0.1, -0.05) is 30.0 Å². The molecular formula is C15H19NO3S. The highest BCUT2D eigenvalue weighted by molar-refractivity contribution is 8.13. The van der Waals surface area contributed by atoms with Crippen LogP contribution in [0, 0.1) is 5.92 Å². The maximum atomic E-state index is 12.2. The fourth-order valence-electron chi connectivity index (χ4n) is 2.47. The number of anilines is 1. The summed E-state index contributed by atoms with van der Waals surface area (Å²) in [6.45, 7) is 2.28. The van der Waals surface area contributed by atoms with Gasteiger partial charge in [0.05, 0.1) is 0 Å². The number of nitrogens with zero attached hydrogens (tertiary/aromatic N) is 1. The zero-order valence-corrected chi connectivity index (χ0v) is 12.4. The number of para-hydroxylation sites is 1. The zero-order valence-electron chi connectivity index (χ0n) is 11.5. The highest BCUT2D eigenvalue weighted by Crippen LogP contribution is 2.30. The molecule has 1 aromatic rings. The molecule has 0 bridgehead atoms. The summed E-state index contributed by atoms with van der Waals surface area (Å²) in [6.07, 6.45) is 1.04. The van der Waals surface area contributed by atoms with Crippen molar-refractivity contribution in [1.29, 1.82) is 0 Å². The summed E-state index contributed by atoms with van der Waals surface area (Å²) in [4.78, 5) is 25.0. The third-order valence-corrected chi connectivity index (χ3v) is 4.44. The Hall–Kier alpha value is -1.33. The van der Waals surface area contributed by atoms with Crippen LogP contribution in [-0.2, 0) is 16.0 Å². The van der Waals surface area contributed by atoms with Crippen LogP contribution in [0.1, 0.15) is 18.9 Å². The molecule has 1 unspecified atom stereocenters. The highest BCUT2D eigenvalue weighted by atomic mass is 32.2. The number of benzene rings is 1. The van der Waals surface area contributed by atoms with Gasteiger partial charge in [0, 0.05) is 37.9 Å². The number of hydrogen-bond donors (Lipinski definition) is 1. The molecule has 0 aromatic heterocycles. The van der Waals surface area contributed by atoms with E-state index < -0.39 is 0 Å². The summed E-state index contributed by atoms with van der Waals surface area (Å²) in [5, 5.41) is 9.20. The zero-order chi connectivity index (χ0) is 14.5. The van der Waals surface area contributed by atoms with E-state index in [-0.39, 0.29) is 23.5 Å². The van der Waals surface area contributed by atoms with E-state index in [1.54, 1.807) is 11.8 Å². The lowest BCUT2D eigenvalue weighted by Gasteiger charge is -2.20. The molecule has 1 aliphatic rings. The minimum atomic E-state index is 0.0721. The lowest BCUT2D eigenvalue weighted by atomic mass is 10.1. The van der Waals surface area contributed by atoms with Crippen LogP contribution in [-0.4, -0.2) is 35.0 Å². The Morgan fingerprint density at radius 3 is 2.90 bits per heavy atom. The molecule has 1 saturated heterocycles. The molecular weight excluding hydrogens is 274 g/mol. The predicted octanol–water partition coefficient (Wildman–Crippen LogP) is 1.85. The quantitative estimate of drug-likeness (QED) is 0.900. The Balaban J connectivity index is 2.09. The molecule has 1 N–H and O–H groups in total. The average molecular weight is 293 g/mol. The normalized spacial score (nSPS) is 18.6. The summed E-state index contributed by atoms with van der Waals surface area (Å²) in [5.74, 6) is 1.02. The van der Waals surface area contributed by atoms with Gasteiger partial charge in [0.15, 0.2) is 5.12 Å². The van der Waals surface area contributed by atoms with Gasteiger partial charge in [0.25, 0.3) is 0 Å². The third-order valence-electron chi connectivity index (χ3n) is 3.39. The minimum absolute atomic E-state index is 0.0721. The summed E-state index contributed by atoms with van der Waals surface area (Å²) >= 11 is 1.28. The van der Waals surface area contributed by atoms with Crippen molar-refractivity contribution in [1.82, 2.24) is 0 Å². The number of amides is 1. The molecule has 108 valence electrons. The van der Waals surface area contributed by atoms with Gasteiger partial charge in [0.1, 0.15) is 0 Å². The molecule has 1 fully saturated rings. The lowest BCUT2D eigenvalue weighted by molar-refractivity contribution is -0.117. The lowest BCUT2D eigenvalue weighted by Crippen LogP contribution is -2.26. The predicted molar refractivity (Wildman–Crippen MR) is 80.8 cm³/mol. The van der Waals surface area contributed by atoms with Gasteiger partial charge in [0.2, 0.25) is 5.91 Å². The van der Waals surface area contributed by atoms with Gasteiger partial charge in [-0.3, -0.25) is 9.59 Å². The van der Waals surface area contributed by atoms with Crippen LogP contribution in [0.4, 0.5) is 5.69 Å². The van der Waals surface area contributed by atoms with Crippen molar-refractivity contribution in [3.63, 3.8) is 0 Å². The second kappa shape index (κ2) is 6.90. The molecule has 2 rings (SSSR count). The standard InChI is InChI=1S/C15H19NO3S/c1-11(18)20-10-12-8-15(19)16(9-12)14-5-3-2-4-13(14)6-7-17/h2-5,12,17H,6-10H2,1H3. The van der Waals surface area contributed by atoms with E-state index in [1.807, 2.05) is 24.3 Å². The Kier molecular flexibility index (Phi) is 5.20. The fourth-order valence-corrected chi connectivity index (χ4v) is 3.16. The van der Waals surface area contributed by atoms with Gasteiger partial charge in [-0.2, -0.15) is 0 Å². The van der Waals surface area contributed by atoms with E-state index in [2.05, 4.69) is 0 Å². The second-order valence-corrected chi connectivity index (χ2v) is 6.18. The van der Waals surface area contributed by atoms with Gasteiger partial charge in [-0.25, -0.2) is 0 Å². The minimum Gasteiger partial charge on any atom is -0.396 e. The number of hydrogen-bond acceptors (Lipinski definition) is 4. The Bertz CT molecular complexity index is 504. The van der Waals surface area contributed by atoms with Crippen molar-refractivity contribution in [3.05, 3.63) is 29.8 Å². The number of rotatable bonds is 5. The fraction of sp³-hybridized carbons (Fsp3) is 0.467. The first kappa shape index (κ1) is 15.1. The SMILES string of the molecule is CC(=O)SCC1CC(=O)N(c2ccccc2CCO)C1. The second-order valence-electron chi connectivity index (χ2n) is 4.98. The van der Waals surface area contributed by atoms with Gasteiger partial charge in [-0.15, -0.1) is 0 Å². The Morgan fingerprint density at radius 1 is 1.45 bits per heavy atom. The van der Waals surface area contributed by atoms with E-state index in [9.17, 15) is 9.59 Å². The first-order valence-electron chi connectivity index (χ1n) is 6.74. The smallest absolute Gasteiger partial charge is 0.227 e. The van der Waals surface area contributed by atoms with Crippen molar-refractivity contribution >= 4 is 28.5 Å². The summed E-state index contributed by atoms with van der Waals surface area (Å²) in [6, 6.07) is 7.68. The molecule has 1 aromatic carbocycles. The van der Waals surface area contributed by atoms with Gasteiger partial charge >= 0.3 is 0 Å². The van der Waals surface area contributed by atoms with Gasteiger partial charge < -0.3 is 10.0 Å². The van der Waals surface area contributed by atoms with Gasteiger partial charge in [-0.05, 0) is 24.0 Å². The number of carbonyl (C=O) groups is 2. The van der Waals surface area contributed by atoms with Crippen LogP contribution in [0.2, 0.25) is 0 Å². The number of aliphatic hydroxyl groups is 1. The largest absolute Gasteiger partial charge is 0.396 e. The van der Waals surface area contributed by atoms with Crippen molar-refractivity contribution in [3.8, 4) is 0 Å².